The van der Waals surface area contributed by atoms with Crippen molar-refractivity contribution in [1.29, 1.82) is 0 Å². The van der Waals surface area contributed by atoms with Crippen LogP contribution in [0.5, 0.6) is 11.5 Å². The third-order valence-electron chi connectivity index (χ3n) is 4.40. The van der Waals surface area contributed by atoms with Crippen molar-refractivity contribution in [2.75, 3.05) is 14.2 Å². The summed E-state index contributed by atoms with van der Waals surface area (Å²) in [5.74, 6) is 1.70. The number of rotatable bonds is 5. The van der Waals surface area contributed by atoms with E-state index < -0.39 is 0 Å². The maximum atomic E-state index is 12.5. The van der Waals surface area contributed by atoms with Crippen molar-refractivity contribution < 1.29 is 23.5 Å². The van der Waals surface area contributed by atoms with Crippen molar-refractivity contribution in [1.82, 2.24) is 5.32 Å². The number of benzene rings is 1. The number of ketones is 1. The van der Waals surface area contributed by atoms with E-state index in [1.807, 2.05) is 19.1 Å². The Morgan fingerprint density at radius 2 is 1.92 bits per heavy atom. The monoisotopic (exact) mass is 343 g/mol. The molecule has 6 nitrogen and oxygen atoms in total. The number of ether oxygens (including phenoxy) is 2. The van der Waals surface area contributed by atoms with Gasteiger partial charge < -0.3 is 19.2 Å². The Hall–Kier alpha value is -2.76. The minimum absolute atomic E-state index is 0.0389. The molecule has 0 spiro atoms. The molecule has 1 aromatic heterocycles. The summed E-state index contributed by atoms with van der Waals surface area (Å²) in [6, 6.07) is 6.77. The van der Waals surface area contributed by atoms with Gasteiger partial charge in [0.1, 0.15) is 5.76 Å². The number of furan rings is 1. The number of carbonyl (C=O) groups excluding carboxylic acids is 2. The molecule has 1 aliphatic rings. The van der Waals surface area contributed by atoms with E-state index in [-0.39, 0.29) is 23.5 Å². The van der Waals surface area contributed by atoms with Gasteiger partial charge in [0.05, 0.1) is 25.8 Å². The fourth-order valence-electron chi connectivity index (χ4n) is 2.98. The Bertz CT molecular complexity index is 808. The van der Waals surface area contributed by atoms with Gasteiger partial charge in [-0.15, -0.1) is 0 Å². The Balaban J connectivity index is 1.76. The van der Waals surface area contributed by atoms with Crippen LogP contribution in [0.15, 0.2) is 28.7 Å². The fourth-order valence-corrected chi connectivity index (χ4v) is 2.98. The SMILES string of the molecule is COc1ccc(C(C)NC(=O)c2cc3c(o2)CCCC3=O)cc1OC. The summed E-state index contributed by atoms with van der Waals surface area (Å²) in [4.78, 5) is 24.3. The van der Waals surface area contributed by atoms with E-state index in [2.05, 4.69) is 5.32 Å². The van der Waals surface area contributed by atoms with Gasteiger partial charge >= 0.3 is 0 Å². The molecule has 1 aliphatic carbocycles. The zero-order valence-corrected chi connectivity index (χ0v) is 14.5. The topological polar surface area (TPSA) is 77.8 Å². The number of fused-ring (bicyclic) bond motifs is 1. The molecular formula is C19H21NO5. The minimum atomic E-state index is -0.343. The quantitative estimate of drug-likeness (QED) is 0.901. The van der Waals surface area contributed by atoms with E-state index in [0.717, 1.165) is 12.0 Å². The molecule has 1 N–H and O–H groups in total. The number of hydrogen-bond acceptors (Lipinski definition) is 5. The first-order valence-corrected chi connectivity index (χ1v) is 8.22. The smallest absolute Gasteiger partial charge is 0.287 e. The predicted octanol–water partition coefficient (Wildman–Crippen LogP) is 3.31. The summed E-state index contributed by atoms with van der Waals surface area (Å²) < 4.78 is 16.1. The van der Waals surface area contributed by atoms with E-state index in [1.165, 1.54) is 0 Å². The Morgan fingerprint density at radius 3 is 2.60 bits per heavy atom. The highest BCUT2D eigenvalue weighted by atomic mass is 16.5. The van der Waals surface area contributed by atoms with Crippen LogP contribution in [0.25, 0.3) is 0 Å². The van der Waals surface area contributed by atoms with Crippen LogP contribution in [0.1, 0.15) is 58.0 Å². The zero-order valence-electron chi connectivity index (χ0n) is 14.5. The average molecular weight is 343 g/mol. The van der Waals surface area contributed by atoms with Crippen LogP contribution in [0.2, 0.25) is 0 Å². The molecule has 0 fully saturated rings. The molecule has 0 radical (unpaired) electrons. The molecule has 1 heterocycles. The first-order chi connectivity index (χ1) is 12.0. The summed E-state index contributed by atoms with van der Waals surface area (Å²) in [5, 5.41) is 2.88. The van der Waals surface area contributed by atoms with Crippen LogP contribution < -0.4 is 14.8 Å². The molecule has 1 unspecified atom stereocenters. The van der Waals surface area contributed by atoms with Gasteiger partial charge in [-0.05, 0) is 31.0 Å². The second kappa shape index (κ2) is 7.01. The van der Waals surface area contributed by atoms with Gasteiger partial charge in [0.15, 0.2) is 23.0 Å². The highest BCUT2D eigenvalue weighted by Gasteiger charge is 2.25. The van der Waals surface area contributed by atoms with Crippen LogP contribution in [-0.2, 0) is 6.42 Å². The van der Waals surface area contributed by atoms with Crippen LogP contribution >= 0.6 is 0 Å². The van der Waals surface area contributed by atoms with E-state index in [1.54, 1.807) is 26.4 Å². The Morgan fingerprint density at radius 1 is 1.16 bits per heavy atom. The number of carbonyl (C=O) groups is 2. The van der Waals surface area contributed by atoms with E-state index in [0.29, 0.717) is 35.7 Å². The lowest BCUT2D eigenvalue weighted by molar-refractivity contribution is 0.0906. The highest BCUT2D eigenvalue weighted by Crippen LogP contribution is 2.30. The van der Waals surface area contributed by atoms with Crippen LogP contribution in [0.4, 0.5) is 0 Å². The van der Waals surface area contributed by atoms with Gasteiger partial charge in [-0.2, -0.15) is 0 Å². The van der Waals surface area contributed by atoms with Gasteiger partial charge in [0.25, 0.3) is 5.91 Å². The summed E-state index contributed by atoms with van der Waals surface area (Å²) in [6.07, 6.45) is 1.97. The molecule has 6 heteroatoms. The number of Topliss-reactive ketones (excluding diaryl/α,β-unsaturated/α-hetero) is 1. The molecule has 3 rings (SSSR count). The molecule has 132 valence electrons. The molecule has 1 amide bonds. The maximum Gasteiger partial charge on any atom is 0.287 e. The van der Waals surface area contributed by atoms with Crippen LogP contribution in [0.3, 0.4) is 0 Å². The van der Waals surface area contributed by atoms with E-state index >= 15 is 0 Å². The first kappa shape index (κ1) is 17.1. The molecule has 0 saturated carbocycles. The molecule has 25 heavy (non-hydrogen) atoms. The number of amides is 1. The third kappa shape index (κ3) is 3.38. The van der Waals surface area contributed by atoms with Gasteiger partial charge in [0.2, 0.25) is 0 Å². The lowest BCUT2D eigenvalue weighted by atomic mass is 9.97. The van der Waals surface area contributed by atoms with Crippen molar-refractivity contribution in [3.63, 3.8) is 0 Å². The first-order valence-electron chi connectivity index (χ1n) is 8.22. The lowest BCUT2D eigenvalue weighted by Gasteiger charge is -2.16. The van der Waals surface area contributed by atoms with Crippen molar-refractivity contribution in [3.05, 3.63) is 46.9 Å². The molecule has 2 aromatic rings. The summed E-state index contributed by atoms with van der Waals surface area (Å²) in [5.41, 5.74) is 1.41. The zero-order chi connectivity index (χ0) is 18.0. The number of nitrogens with one attached hydrogen (secondary N) is 1. The van der Waals surface area contributed by atoms with E-state index in [4.69, 9.17) is 13.9 Å². The highest BCUT2D eigenvalue weighted by molar-refractivity contribution is 6.01. The second-order valence-electron chi connectivity index (χ2n) is 6.03. The van der Waals surface area contributed by atoms with Gasteiger partial charge in [-0.25, -0.2) is 0 Å². The maximum absolute atomic E-state index is 12.5. The largest absolute Gasteiger partial charge is 0.493 e. The molecule has 1 aromatic carbocycles. The second-order valence-corrected chi connectivity index (χ2v) is 6.03. The third-order valence-corrected chi connectivity index (χ3v) is 4.40. The van der Waals surface area contributed by atoms with Crippen molar-refractivity contribution in [3.8, 4) is 11.5 Å². The standard InChI is InChI=1S/C19H21NO5/c1-11(12-7-8-16(23-2)17(9-12)24-3)20-19(22)18-10-13-14(21)5-4-6-15(13)25-18/h7-11H,4-6H2,1-3H3,(H,20,22). The predicted molar refractivity (Wildman–Crippen MR) is 91.4 cm³/mol. The molecule has 1 atom stereocenters. The average Bonchev–Trinajstić information content (AvgIpc) is 3.07. The summed E-state index contributed by atoms with van der Waals surface area (Å²) >= 11 is 0. The molecular weight excluding hydrogens is 322 g/mol. The number of methoxy groups -OCH3 is 2. The van der Waals surface area contributed by atoms with Crippen LogP contribution in [0, 0.1) is 0 Å². The Labute approximate surface area is 146 Å². The minimum Gasteiger partial charge on any atom is -0.493 e. The molecule has 0 bridgehead atoms. The van der Waals surface area contributed by atoms with E-state index in [9.17, 15) is 9.59 Å². The summed E-state index contributed by atoms with van der Waals surface area (Å²) in [7, 11) is 3.14. The Kier molecular flexibility index (Phi) is 4.79. The molecule has 0 saturated heterocycles. The van der Waals surface area contributed by atoms with Crippen molar-refractivity contribution in [2.24, 2.45) is 0 Å². The van der Waals surface area contributed by atoms with Gasteiger partial charge in [-0.1, -0.05) is 6.07 Å². The van der Waals surface area contributed by atoms with Crippen molar-refractivity contribution in [2.45, 2.75) is 32.2 Å². The lowest BCUT2D eigenvalue weighted by Crippen LogP contribution is -2.26. The fraction of sp³-hybridized carbons (Fsp3) is 0.368. The van der Waals surface area contributed by atoms with Gasteiger partial charge in [0, 0.05) is 18.9 Å². The van der Waals surface area contributed by atoms with Crippen LogP contribution in [-0.4, -0.2) is 25.9 Å². The normalized spacial score (nSPS) is 14.6. The van der Waals surface area contributed by atoms with Gasteiger partial charge in [-0.3, -0.25) is 9.59 Å². The van der Waals surface area contributed by atoms with Crippen molar-refractivity contribution >= 4 is 11.7 Å². The molecule has 0 aliphatic heterocycles. The number of aryl methyl sites for hydroxylation is 1. The summed E-state index contributed by atoms with van der Waals surface area (Å²) in [6.45, 7) is 1.87. The number of hydrogen-bond donors (Lipinski definition) is 1.